The summed E-state index contributed by atoms with van der Waals surface area (Å²) >= 11 is 13.1. The number of anilines is 1. The number of ether oxygens (including phenoxy) is 2. The van der Waals surface area contributed by atoms with Crippen molar-refractivity contribution in [1.82, 2.24) is 14.9 Å². The van der Waals surface area contributed by atoms with Gasteiger partial charge in [0.2, 0.25) is 11.1 Å². The summed E-state index contributed by atoms with van der Waals surface area (Å²) in [5.74, 6) is 7.49. The van der Waals surface area contributed by atoms with Crippen molar-refractivity contribution in [3.8, 4) is 11.5 Å². The van der Waals surface area contributed by atoms with Crippen LogP contribution >= 0.6 is 35.0 Å². The monoisotopic (exact) mass is 453 g/mol. The number of carbonyl (C=O) groups is 1. The number of nitrogens with two attached hydrogens (primary N) is 1. The van der Waals surface area contributed by atoms with Gasteiger partial charge in [0.15, 0.2) is 5.82 Å². The Morgan fingerprint density at radius 2 is 2.00 bits per heavy atom. The topological polar surface area (TPSA) is 104 Å². The van der Waals surface area contributed by atoms with Crippen LogP contribution in [0.3, 0.4) is 0 Å². The maximum absolute atomic E-state index is 12.2. The Bertz CT molecular complexity index is 1010. The van der Waals surface area contributed by atoms with Gasteiger partial charge in [-0.25, -0.2) is 4.68 Å². The summed E-state index contributed by atoms with van der Waals surface area (Å²) in [7, 11) is 1.58. The molecule has 1 heterocycles. The molecule has 8 nitrogen and oxygen atoms in total. The van der Waals surface area contributed by atoms with Crippen LogP contribution < -0.4 is 20.6 Å². The Balaban J connectivity index is 1.55. The summed E-state index contributed by atoms with van der Waals surface area (Å²) in [5, 5.41) is 11.9. The molecular formula is C18H17Cl2N5O3S. The number of methoxy groups -OCH3 is 1. The van der Waals surface area contributed by atoms with Gasteiger partial charge in [-0.1, -0.05) is 41.0 Å². The van der Waals surface area contributed by atoms with E-state index in [0.717, 1.165) is 11.8 Å². The predicted molar refractivity (Wildman–Crippen MR) is 113 cm³/mol. The zero-order valence-corrected chi connectivity index (χ0v) is 17.6. The predicted octanol–water partition coefficient (Wildman–Crippen LogP) is 3.62. The van der Waals surface area contributed by atoms with Crippen molar-refractivity contribution in [1.29, 1.82) is 0 Å². The SMILES string of the molecule is COc1cccc(OCc2nnc(SCC(=O)Nc3cc(Cl)ccc3Cl)n2N)c1. The van der Waals surface area contributed by atoms with Crippen molar-refractivity contribution in [2.45, 2.75) is 11.8 Å². The average molecular weight is 454 g/mol. The lowest BCUT2D eigenvalue weighted by atomic mass is 10.3. The lowest BCUT2D eigenvalue weighted by Crippen LogP contribution is -2.18. The van der Waals surface area contributed by atoms with Crippen molar-refractivity contribution < 1.29 is 14.3 Å². The Hall–Kier alpha value is -2.62. The number of nitrogens with zero attached hydrogens (tertiary/aromatic N) is 3. The summed E-state index contributed by atoms with van der Waals surface area (Å²) in [6.45, 7) is 0.113. The standard InChI is InChI=1S/C18H17Cl2N5O3S/c1-27-12-3-2-4-13(8-12)28-9-16-23-24-18(25(16)21)29-10-17(26)22-15-7-11(19)5-6-14(15)20/h2-8H,9-10,21H2,1H3,(H,22,26). The number of nitrogens with one attached hydrogen (secondary N) is 1. The van der Waals surface area contributed by atoms with Gasteiger partial charge in [0.1, 0.15) is 18.1 Å². The number of hydrogen-bond acceptors (Lipinski definition) is 7. The van der Waals surface area contributed by atoms with E-state index in [1.165, 1.54) is 4.68 Å². The molecule has 152 valence electrons. The highest BCUT2D eigenvalue weighted by Gasteiger charge is 2.14. The molecule has 1 amide bonds. The number of thioether (sulfide) groups is 1. The van der Waals surface area contributed by atoms with Gasteiger partial charge in [-0.3, -0.25) is 4.79 Å². The van der Waals surface area contributed by atoms with E-state index in [9.17, 15) is 4.79 Å². The number of halogens is 2. The minimum Gasteiger partial charge on any atom is -0.497 e. The van der Waals surface area contributed by atoms with E-state index in [1.54, 1.807) is 37.4 Å². The largest absolute Gasteiger partial charge is 0.497 e. The zero-order chi connectivity index (χ0) is 20.8. The van der Waals surface area contributed by atoms with Crippen LogP contribution in [0.4, 0.5) is 5.69 Å². The summed E-state index contributed by atoms with van der Waals surface area (Å²) in [5.41, 5.74) is 0.436. The molecule has 0 saturated heterocycles. The quantitative estimate of drug-likeness (QED) is 0.396. The molecule has 1 aromatic heterocycles. The first-order valence-corrected chi connectivity index (χ1v) is 10.0. The fourth-order valence-electron chi connectivity index (χ4n) is 2.25. The van der Waals surface area contributed by atoms with Gasteiger partial charge in [0.25, 0.3) is 0 Å². The molecule has 0 fully saturated rings. The van der Waals surface area contributed by atoms with E-state index in [4.69, 9.17) is 38.5 Å². The summed E-state index contributed by atoms with van der Waals surface area (Å²) in [4.78, 5) is 12.2. The third-order valence-corrected chi connectivity index (χ3v) is 5.19. The summed E-state index contributed by atoms with van der Waals surface area (Å²) < 4.78 is 12.1. The molecule has 0 spiro atoms. The highest BCUT2D eigenvalue weighted by atomic mass is 35.5. The van der Waals surface area contributed by atoms with E-state index in [1.807, 2.05) is 12.1 Å². The second-order valence-corrected chi connectivity index (χ2v) is 7.48. The molecule has 3 rings (SSSR count). The maximum Gasteiger partial charge on any atom is 0.234 e. The molecule has 0 aliphatic heterocycles. The molecule has 0 saturated carbocycles. The zero-order valence-electron chi connectivity index (χ0n) is 15.3. The molecule has 0 aliphatic carbocycles. The minimum atomic E-state index is -0.281. The first-order valence-electron chi connectivity index (χ1n) is 8.30. The van der Waals surface area contributed by atoms with Crippen molar-refractivity contribution in [2.24, 2.45) is 0 Å². The second kappa shape index (κ2) is 9.73. The molecule has 0 aliphatic rings. The number of rotatable bonds is 8. The molecule has 11 heteroatoms. The molecule has 3 N–H and O–H groups in total. The number of aromatic nitrogens is 3. The number of nitrogen functional groups attached to an aromatic ring is 1. The molecular weight excluding hydrogens is 437 g/mol. The van der Waals surface area contributed by atoms with Gasteiger partial charge in [-0.05, 0) is 30.3 Å². The van der Waals surface area contributed by atoms with Crippen molar-refractivity contribution in [2.75, 3.05) is 24.0 Å². The molecule has 29 heavy (non-hydrogen) atoms. The van der Waals surface area contributed by atoms with Crippen LogP contribution in [-0.2, 0) is 11.4 Å². The molecule has 2 aromatic carbocycles. The first kappa shape index (κ1) is 21.1. The highest BCUT2D eigenvalue weighted by Crippen LogP contribution is 2.26. The van der Waals surface area contributed by atoms with Crippen molar-refractivity contribution in [3.63, 3.8) is 0 Å². The fourth-order valence-corrected chi connectivity index (χ4v) is 3.26. The Kier molecular flexibility index (Phi) is 7.08. The lowest BCUT2D eigenvalue weighted by Gasteiger charge is -2.08. The highest BCUT2D eigenvalue weighted by molar-refractivity contribution is 7.99. The van der Waals surface area contributed by atoms with Crippen LogP contribution in [-0.4, -0.2) is 33.6 Å². The number of amides is 1. The van der Waals surface area contributed by atoms with Crippen LogP contribution in [0.15, 0.2) is 47.6 Å². The Labute approximate surface area is 181 Å². The molecule has 0 atom stereocenters. The minimum absolute atomic E-state index is 0.0644. The van der Waals surface area contributed by atoms with Gasteiger partial charge in [0, 0.05) is 11.1 Å². The van der Waals surface area contributed by atoms with Crippen molar-refractivity contribution in [3.05, 3.63) is 58.3 Å². The van der Waals surface area contributed by atoms with Crippen LogP contribution in [0.5, 0.6) is 11.5 Å². The molecule has 0 radical (unpaired) electrons. The average Bonchev–Trinajstić information content (AvgIpc) is 3.07. The third kappa shape index (κ3) is 5.69. The number of carbonyl (C=O) groups excluding carboxylic acids is 1. The van der Waals surface area contributed by atoms with Crippen LogP contribution in [0.25, 0.3) is 0 Å². The van der Waals surface area contributed by atoms with Gasteiger partial charge in [-0.2, -0.15) is 0 Å². The van der Waals surface area contributed by atoms with Crippen LogP contribution in [0, 0.1) is 0 Å². The molecule has 3 aromatic rings. The van der Waals surface area contributed by atoms with Gasteiger partial charge >= 0.3 is 0 Å². The summed E-state index contributed by atoms with van der Waals surface area (Å²) in [6.07, 6.45) is 0. The number of hydrogen-bond donors (Lipinski definition) is 2. The summed E-state index contributed by atoms with van der Waals surface area (Å²) in [6, 6.07) is 12.0. The van der Waals surface area contributed by atoms with E-state index in [2.05, 4.69) is 15.5 Å². The molecule has 0 bridgehead atoms. The van der Waals surface area contributed by atoms with E-state index >= 15 is 0 Å². The fraction of sp³-hybridized carbons (Fsp3) is 0.167. The van der Waals surface area contributed by atoms with Crippen LogP contribution in [0.2, 0.25) is 10.0 Å². The smallest absolute Gasteiger partial charge is 0.234 e. The van der Waals surface area contributed by atoms with Crippen molar-refractivity contribution >= 4 is 46.6 Å². The van der Waals surface area contributed by atoms with E-state index in [-0.39, 0.29) is 18.3 Å². The lowest BCUT2D eigenvalue weighted by molar-refractivity contribution is -0.113. The first-order chi connectivity index (χ1) is 14.0. The maximum atomic E-state index is 12.2. The number of benzene rings is 2. The van der Waals surface area contributed by atoms with Gasteiger partial charge in [0.05, 0.1) is 23.6 Å². The third-order valence-electron chi connectivity index (χ3n) is 3.68. The second-order valence-electron chi connectivity index (χ2n) is 5.70. The normalized spacial score (nSPS) is 10.6. The van der Waals surface area contributed by atoms with Gasteiger partial charge in [-0.15, -0.1) is 10.2 Å². The van der Waals surface area contributed by atoms with E-state index in [0.29, 0.717) is 38.2 Å². The van der Waals surface area contributed by atoms with E-state index < -0.39 is 0 Å². The van der Waals surface area contributed by atoms with Gasteiger partial charge < -0.3 is 20.6 Å². The Morgan fingerprint density at radius 1 is 1.21 bits per heavy atom. The molecule has 0 unspecified atom stereocenters. The Morgan fingerprint density at radius 3 is 2.79 bits per heavy atom. The van der Waals surface area contributed by atoms with Crippen LogP contribution in [0.1, 0.15) is 5.82 Å².